The number of nitrogens with two attached hydrogens (primary N) is 1. The Morgan fingerprint density at radius 3 is 2.90 bits per heavy atom. The molecule has 1 saturated heterocycles. The smallest absolute Gasteiger partial charge is 0.263 e. The van der Waals surface area contributed by atoms with Gasteiger partial charge < -0.3 is 20.4 Å². The summed E-state index contributed by atoms with van der Waals surface area (Å²) in [6.45, 7) is 3.35. The van der Waals surface area contributed by atoms with E-state index >= 15 is 0 Å². The molecule has 1 fully saturated rings. The summed E-state index contributed by atoms with van der Waals surface area (Å²) in [5, 5.41) is 4.33. The molecule has 4 aromatic heterocycles. The highest BCUT2D eigenvalue weighted by Gasteiger charge is 2.23. The van der Waals surface area contributed by atoms with Crippen LogP contribution in [0.2, 0.25) is 0 Å². The molecule has 4 aromatic rings. The van der Waals surface area contributed by atoms with Crippen molar-refractivity contribution in [1.82, 2.24) is 18.9 Å². The number of anilines is 3. The van der Waals surface area contributed by atoms with Crippen LogP contribution >= 0.6 is 0 Å². The third kappa shape index (κ3) is 2.98. The van der Waals surface area contributed by atoms with Gasteiger partial charge in [0.05, 0.1) is 16.8 Å². The first kappa shape index (κ1) is 18.6. The number of aryl methyl sites for hydroxylation is 1. The van der Waals surface area contributed by atoms with Crippen LogP contribution in [-0.4, -0.2) is 38.1 Å². The fraction of sp³-hybridized carbons (Fsp3) is 0.286. The Balaban J connectivity index is 1.60. The van der Waals surface area contributed by atoms with Crippen LogP contribution in [0.15, 0.2) is 41.6 Å². The Labute approximate surface area is 171 Å². The predicted molar refractivity (Wildman–Crippen MR) is 115 cm³/mol. The fourth-order valence-electron chi connectivity index (χ4n) is 4.11. The molecule has 8 nitrogen and oxygen atoms in total. The summed E-state index contributed by atoms with van der Waals surface area (Å²) in [6.07, 6.45) is 6.01. The van der Waals surface area contributed by atoms with Crippen molar-refractivity contribution in [3.8, 4) is 0 Å². The Morgan fingerprint density at radius 2 is 2.13 bits per heavy atom. The van der Waals surface area contributed by atoms with Gasteiger partial charge in [0, 0.05) is 50.8 Å². The van der Waals surface area contributed by atoms with Gasteiger partial charge in [-0.25, -0.2) is 14.4 Å². The number of hydrogen-bond donors (Lipinski definition) is 2. The average molecular weight is 407 g/mol. The van der Waals surface area contributed by atoms with E-state index in [-0.39, 0.29) is 17.2 Å². The van der Waals surface area contributed by atoms with Gasteiger partial charge in [0.2, 0.25) is 0 Å². The number of hydrogen-bond acceptors (Lipinski definition) is 6. The summed E-state index contributed by atoms with van der Waals surface area (Å²) in [7, 11) is 1.75. The zero-order valence-corrected chi connectivity index (χ0v) is 16.8. The molecular weight excluding hydrogens is 385 g/mol. The maximum atomic E-state index is 14.5. The van der Waals surface area contributed by atoms with E-state index in [9.17, 15) is 9.18 Å². The Bertz CT molecular complexity index is 1340. The van der Waals surface area contributed by atoms with Crippen molar-refractivity contribution >= 4 is 33.7 Å². The minimum absolute atomic E-state index is 0.113. The van der Waals surface area contributed by atoms with Crippen LogP contribution in [0.4, 0.5) is 21.7 Å². The van der Waals surface area contributed by atoms with Crippen molar-refractivity contribution in [1.29, 1.82) is 0 Å². The summed E-state index contributed by atoms with van der Waals surface area (Å²) in [6, 6.07) is 5.25. The van der Waals surface area contributed by atoms with Crippen LogP contribution in [0.25, 0.3) is 16.4 Å². The quantitative estimate of drug-likeness (QED) is 0.541. The summed E-state index contributed by atoms with van der Waals surface area (Å²) in [5.74, 6) is 0.765. The molecule has 0 saturated carbocycles. The van der Waals surface area contributed by atoms with E-state index in [2.05, 4.69) is 20.2 Å². The number of aromatic nitrogens is 4. The highest BCUT2D eigenvalue weighted by molar-refractivity contribution is 5.94. The Kier molecular flexibility index (Phi) is 4.21. The van der Waals surface area contributed by atoms with Crippen molar-refractivity contribution in [2.24, 2.45) is 12.8 Å². The van der Waals surface area contributed by atoms with Gasteiger partial charge in [-0.15, -0.1) is 0 Å². The Morgan fingerprint density at radius 1 is 1.30 bits per heavy atom. The maximum absolute atomic E-state index is 14.5. The van der Waals surface area contributed by atoms with Gasteiger partial charge in [-0.1, -0.05) is 0 Å². The lowest BCUT2D eigenvalue weighted by atomic mass is 10.2. The van der Waals surface area contributed by atoms with E-state index in [4.69, 9.17) is 5.73 Å². The van der Waals surface area contributed by atoms with Crippen molar-refractivity contribution < 1.29 is 4.39 Å². The predicted octanol–water partition coefficient (Wildman–Crippen LogP) is 2.31. The van der Waals surface area contributed by atoms with Crippen LogP contribution in [-0.2, 0) is 7.05 Å². The summed E-state index contributed by atoms with van der Waals surface area (Å²) < 4.78 is 17.7. The average Bonchev–Trinajstić information content (AvgIpc) is 3.30. The second-order valence-corrected chi connectivity index (χ2v) is 7.80. The lowest BCUT2D eigenvalue weighted by Gasteiger charge is -2.22. The minimum atomic E-state index is -0.450. The standard InChI is InChI=1S/C21H22FN7O/c1-12-9-29-11-15(8-16(22)20(29)25-12)26-19-18-13(3-5-24-19)7-17(27(2)21(18)30)28-6-4-14(23)10-28/h3,5,7-9,11,14H,4,6,10,23H2,1-2H3,(H,24,26). The van der Waals surface area contributed by atoms with E-state index in [0.717, 1.165) is 36.4 Å². The molecule has 3 N–H and O–H groups in total. The van der Waals surface area contributed by atoms with Crippen molar-refractivity contribution in [2.75, 3.05) is 23.3 Å². The number of fused-ring (bicyclic) bond motifs is 2. The highest BCUT2D eigenvalue weighted by Crippen LogP contribution is 2.27. The van der Waals surface area contributed by atoms with Crippen LogP contribution in [0.5, 0.6) is 0 Å². The summed E-state index contributed by atoms with van der Waals surface area (Å²) in [5.41, 5.74) is 7.33. The van der Waals surface area contributed by atoms with Gasteiger partial charge in [-0.05, 0) is 30.9 Å². The Hall–Kier alpha value is -3.46. The minimum Gasteiger partial charge on any atom is -0.356 e. The normalized spacial score (nSPS) is 16.7. The molecule has 1 aliphatic heterocycles. The van der Waals surface area contributed by atoms with E-state index in [1.54, 1.807) is 41.5 Å². The van der Waals surface area contributed by atoms with Crippen LogP contribution in [0, 0.1) is 12.7 Å². The fourth-order valence-corrected chi connectivity index (χ4v) is 4.11. The largest absolute Gasteiger partial charge is 0.356 e. The first-order chi connectivity index (χ1) is 14.4. The zero-order valence-electron chi connectivity index (χ0n) is 16.8. The molecule has 0 aromatic carbocycles. The molecule has 0 radical (unpaired) electrons. The third-order valence-electron chi connectivity index (χ3n) is 5.57. The number of nitrogens with zero attached hydrogens (tertiary/aromatic N) is 5. The van der Waals surface area contributed by atoms with E-state index in [1.165, 1.54) is 6.07 Å². The van der Waals surface area contributed by atoms with Crippen molar-refractivity contribution in [3.05, 3.63) is 58.7 Å². The van der Waals surface area contributed by atoms with Gasteiger partial charge >= 0.3 is 0 Å². The van der Waals surface area contributed by atoms with Gasteiger partial charge in [0.15, 0.2) is 11.5 Å². The molecule has 5 heterocycles. The molecule has 30 heavy (non-hydrogen) atoms. The maximum Gasteiger partial charge on any atom is 0.263 e. The zero-order chi connectivity index (χ0) is 21.0. The van der Waals surface area contributed by atoms with Gasteiger partial charge in [-0.2, -0.15) is 0 Å². The van der Waals surface area contributed by atoms with E-state index in [1.807, 2.05) is 12.1 Å². The monoisotopic (exact) mass is 407 g/mol. The number of rotatable bonds is 3. The molecule has 5 rings (SSSR count). The molecule has 1 atom stereocenters. The SMILES string of the molecule is Cc1cn2cc(Nc3nccc4cc(N5CCC(N)C5)n(C)c(=O)c34)cc(F)c2n1. The molecule has 0 amide bonds. The topological polar surface area (TPSA) is 93.5 Å². The molecule has 0 spiro atoms. The number of imidazole rings is 1. The van der Waals surface area contributed by atoms with Crippen LogP contribution < -0.4 is 21.5 Å². The molecule has 1 aliphatic rings. The van der Waals surface area contributed by atoms with Crippen LogP contribution in [0.3, 0.4) is 0 Å². The second kappa shape index (κ2) is 6.81. The number of halogens is 1. The van der Waals surface area contributed by atoms with Gasteiger partial charge in [0.25, 0.3) is 5.56 Å². The lowest BCUT2D eigenvalue weighted by molar-refractivity contribution is 0.630. The van der Waals surface area contributed by atoms with Crippen LogP contribution in [0.1, 0.15) is 12.1 Å². The van der Waals surface area contributed by atoms with E-state index in [0.29, 0.717) is 16.9 Å². The molecule has 1 unspecified atom stereocenters. The summed E-state index contributed by atoms with van der Waals surface area (Å²) in [4.78, 5) is 23.9. The van der Waals surface area contributed by atoms with E-state index < -0.39 is 5.82 Å². The first-order valence-corrected chi connectivity index (χ1v) is 9.82. The van der Waals surface area contributed by atoms with Crippen molar-refractivity contribution in [3.63, 3.8) is 0 Å². The summed E-state index contributed by atoms with van der Waals surface area (Å²) >= 11 is 0. The number of pyridine rings is 3. The molecule has 9 heteroatoms. The molecule has 0 bridgehead atoms. The molecule has 154 valence electrons. The second-order valence-electron chi connectivity index (χ2n) is 7.80. The third-order valence-corrected chi connectivity index (χ3v) is 5.57. The number of nitrogens with one attached hydrogen (secondary N) is 1. The van der Waals surface area contributed by atoms with Gasteiger partial charge in [-0.3, -0.25) is 9.36 Å². The van der Waals surface area contributed by atoms with Gasteiger partial charge in [0.1, 0.15) is 11.6 Å². The molecular formula is C21H22FN7O. The first-order valence-electron chi connectivity index (χ1n) is 9.82. The molecule has 0 aliphatic carbocycles. The van der Waals surface area contributed by atoms with Crippen molar-refractivity contribution in [2.45, 2.75) is 19.4 Å². The lowest BCUT2D eigenvalue weighted by Crippen LogP contribution is -2.31. The highest BCUT2D eigenvalue weighted by atomic mass is 19.1.